The van der Waals surface area contributed by atoms with E-state index in [2.05, 4.69) is 47.1 Å². The molecular weight excluding hydrogens is 452 g/mol. The summed E-state index contributed by atoms with van der Waals surface area (Å²) in [5, 5.41) is 8.14. The molecule has 2 aromatic carbocycles. The molecular formula is C29H42N4O3. The summed E-state index contributed by atoms with van der Waals surface area (Å²) >= 11 is 0. The van der Waals surface area contributed by atoms with E-state index in [1.165, 1.54) is 24.8 Å². The number of likely N-dealkylation sites (N-methyl/N-ethyl adjacent to an activating group) is 1. The van der Waals surface area contributed by atoms with Gasteiger partial charge in [0.1, 0.15) is 6.04 Å². The van der Waals surface area contributed by atoms with Crippen LogP contribution in [0.25, 0.3) is 11.1 Å². The Kier molecular flexibility index (Phi) is 13.3. The summed E-state index contributed by atoms with van der Waals surface area (Å²) in [6, 6.07) is 15.5. The number of unbranched alkanes of at least 4 members (excludes halogenated alkanes) is 4. The first-order chi connectivity index (χ1) is 17.5. The first-order valence-electron chi connectivity index (χ1n) is 13.2. The molecule has 36 heavy (non-hydrogen) atoms. The van der Waals surface area contributed by atoms with Gasteiger partial charge in [0.15, 0.2) is 0 Å². The molecule has 7 heteroatoms. The molecule has 0 aliphatic heterocycles. The molecule has 0 radical (unpaired) electrons. The zero-order chi connectivity index (χ0) is 26.2. The summed E-state index contributed by atoms with van der Waals surface area (Å²) in [6.07, 6.45) is 8.08. The standard InChI is InChI=1S/C29H42N4O3/c1-3-4-6-9-22-11-13-23(14-12-22)24-15-17-25(18-16-24)28(35)32-21-19-27(34)33-26(29(36)31-2)10-7-5-8-20-30/h11-18,26H,3-10,19-21,30H2,1-2H3,(H,31,36)(H,32,35)(H,33,34). The van der Waals surface area contributed by atoms with Crippen molar-refractivity contribution >= 4 is 17.7 Å². The molecule has 0 fully saturated rings. The van der Waals surface area contributed by atoms with Crippen LogP contribution < -0.4 is 21.7 Å². The Morgan fingerprint density at radius 2 is 1.53 bits per heavy atom. The number of carbonyl (C=O) groups is 3. The SMILES string of the molecule is CCCCCc1ccc(-c2ccc(C(=O)NCCC(=O)NC(CCCCCN)C(=O)NC)cc2)cc1. The van der Waals surface area contributed by atoms with E-state index in [1.807, 2.05) is 12.1 Å². The highest BCUT2D eigenvalue weighted by molar-refractivity contribution is 5.95. The fourth-order valence-corrected chi connectivity index (χ4v) is 4.03. The Bertz CT molecular complexity index is 942. The molecule has 0 spiro atoms. The van der Waals surface area contributed by atoms with Gasteiger partial charge < -0.3 is 21.7 Å². The van der Waals surface area contributed by atoms with Crippen molar-refractivity contribution in [3.05, 3.63) is 59.7 Å². The topological polar surface area (TPSA) is 113 Å². The van der Waals surface area contributed by atoms with Gasteiger partial charge in [0.2, 0.25) is 11.8 Å². The molecule has 0 saturated heterocycles. The third-order valence-electron chi connectivity index (χ3n) is 6.24. The van der Waals surface area contributed by atoms with E-state index in [0.717, 1.165) is 36.8 Å². The fraction of sp³-hybridized carbons (Fsp3) is 0.483. The van der Waals surface area contributed by atoms with Crippen LogP contribution in [0.1, 0.15) is 74.2 Å². The van der Waals surface area contributed by atoms with Gasteiger partial charge in [-0.1, -0.05) is 69.0 Å². The van der Waals surface area contributed by atoms with Gasteiger partial charge in [0.05, 0.1) is 0 Å². The quantitative estimate of drug-likeness (QED) is 0.265. The molecule has 5 N–H and O–H groups in total. The van der Waals surface area contributed by atoms with E-state index in [-0.39, 0.29) is 30.7 Å². The van der Waals surface area contributed by atoms with Gasteiger partial charge in [-0.25, -0.2) is 0 Å². The summed E-state index contributed by atoms with van der Waals surface area (Å²) < 4.78 is 0. The molecule has 7 nitrogen and oxygen atoms in total. The molecule has 0 aliphatic rings. The van der Waals surface area contributed by atoms with Crippen LogP contribution >= 0.6 is 0 Å². The maximum Gasteiger partial charge on any atom is 0.251 e. The van der Waals surface area contributed by atoms with Crippen molar-refractivity contribution in [3.63, 3.8) is 0 Å². The van der Waals surface area contributed by atoms with E-state index in [0.29, 0.717) is 18.5 Å². The van der Waals surface area contributed by atoms with Gasteiger partial charge in [0, 0.05) is 25.6 Å². The first-order valence-corrected chi connectivity index (χ1v) is 13.2. The minimum Gasteiger partial charge on any atom is -0.357 e. The monoisotopic (exact) mass is 494 g/mol. The molecule has 0 aromatic heterocycles. The fourth-order valence-electron chi connectivity index (χ4n) is 4.03. The van der Waals surface area contributed by atoms with E-state index >= 15 is 0 Å². The molecule has 2 rings (SSSR count). The summed E-state index contributed by atoms with van der Waals surface area (Å²) in [7, 11) is 1.55. The second-order valence-electron chi connectivity index (χ2n) is 9.11. The van der Waals surface area contributed by atoms with Crippen LogP contribution in [0.15, 0.2) is 48.5 Å². The third kappa shape index (κ3) is 10.2. The van der Waals surface area contributed by atoms with Gasteiger partial charge in [0.25, 0.3) is 5.91 Å². The van der Waals surface area contributed by atoms with Gasteiger partial charge in [-0.15, -0.1) is 0 Å². The molecule has 2 aromatic rings. The zero-order valence-corrected chi connectivity index (χ0v) is 21.8. The lowest BCUT2D eigenvalue weighted by Gasteiger charge is -2.17. The average molecular weight is 495 g/mol. The maximum absolute atomic E-state index is 12.5. The van der Waals surface area contributed by atoms with Crippen molar-refractivity contribution in [2.45, 2.75) is 70.8 Å². The Morgan fingerprint density at radius 3 is 2.14 bits per heavy atom. The number of hydrogen-bond donors (Lipinski definition) is 4. The van der Waals surface area contributed by atoms with Crippen molar-refractivity contribution in [2.24, 2.45) is 5.73 Å². The second kappa shape index (κ2) is 16.5. The van der Waals surface area contributed by atoms with Gasteiger partial charge in [-0.2, -0.15) is 0 Å². The lowest BCUT2D eigenvalue weighted by molar-refractivity contribution is -0.128. The molecule has 3 amide bonds. The largest absolute Gasteiger partial charge is 0.357 e. The molecule has 0 saturated carbocycles. The Morgan fingerprint density at radius 1 is 0.861 bits per heavy atom. The van der Waals surface area contributed by atoms with Crippen LogP contribution in [-0.4, -0.2) is 43.9 Å². The Balaban J connectivity index is 1.80. The molecule has 196 valence electrons. The predicted molar refractivity (Wildman–Crippen MR) is 146 cm³/mol. The van der Waals surface area contributed by atoms with Crippen LogP contribution in [0.5, 0.6) is 0 Å². The normalized spacial score (nSPS) is 11.5. The Labute approximate surface area is 215 Å². The number of rotatable bonds is 16. The average Bonchev–Trinajstić information content (AvgIpc) is 2.90. The molecule has 0 aliphatic carbocycles. The number of aryl methyl sites for hydroxylation is 1. The number of nitrogens with one attached hydrogen (secondary N) is 3. The van der Waals surface area contributed by atoms with Crippen molar-refractivity contribution in [1.29, 1.82) is 0 Å². The minimum atomic E-state index is -0.575. The van der Waals surface area contributed by atoms with Crippen molar-refractivity contribution in [2.75, 3.05) is 20.1 Å². The Hall–Kier alpha value is -3.19. The van der Waals surface area contributed by atoms with Crippen LogP contribution in [0, 0.1) is 0 Å². The molecule has 0 heterocycles. The number of hydrogen-bond acceptors (Lipinski definition) is 4. The molecule has 0 bridgehead atoms. The highest BCUT2D eigenvalue weighted by atomic mass is 16.2. The maximum atomic E-state index is 12.5. The van der Waals surface area contributed by atoms with Gasteiger partial charge >= 0.3 is 0 Å². The minimum absolute atomic E-state index is 0.102. The van der Waals surface area contributed by atoms with Crippen LogP contribution in [-0.2, 0) is 16.0 Å². The number of carbonyl (C=O) groups excluding carboxylic acids is 3. The smallest absolute Gasteiger partial charge is 0.251 e. The van der Waals surface area contributed by atoms with Crippen molar-refractivity contribution in [3.8, 4) is 11.1 Å². The van der Waals surface area contributed by atoms with E-state index in [9.17, 15) is 14.4 Å². The molecule has 1 unspecified atom stereocenters. The number of benzene rings is 2. The van der Waals surface area contributed by atoms with Gasteiger partial charge in [-0.3, -0.25) is 14.4 Å². The highest BCUT2D eigenvalue weighted by Crippen LogP contribution is 2.21. The first kappa shape index (κ1) is 29.0. The van der Waals surface area contributed by atoms with E-state index in [4.69, 9.17) is 5.73 Å². The number of amides is 3. The van der Waals surface area contributed by atoms with Gasteiger partial charge in [-0.05, 0) is 61.1 Å². The summed E-state index contributed by atoms with van der Waals surface area (Å²) in [5.41, 5.74) is 9.56. The van der Waals surface area contributed by atoms with E-state index in [1.54, 1.807) is 19.2 Å². The van der Waals surface area contributed by atoms with Crippen LogP contribution in [0.3, 0.4) is 0 Å². The summed E-state index contributed by atoms with van der Waals surface area (Å²) in [6.45, 7) is 3.02. The summed E-state index contributed by atoms with van der Waals surface area (Å²) in [5.74, 6) is -0.715. The highest BCUT2D eigenvalue weighted by Gasteiger charge is 2.19. The zero-order valence-electron chi connectivity index (χ0n) is 21.8. The third-order valence-corrected chi connectivity index (χ3v) is 6.24. The van der Waals surface area contributed by atoms with Crippen molar-refractivity contribution in [1.82, 2.24) is 16.0 Å². The predicted octanol–water partition coefficient (Wildman–Crippen LogP) is 3.96. The number of nitrogens with two attached hydrogens (primary N) is 1. The molecule has 1 atom stereocenters. The lowest BCUT2D eigenvalue weighted by atomic mass is 10.0. The lowest BCUT2D eigenvalue weighted by Crippen LogP contribution is -2.46. The van der Waals surface area contributed by atoms with E-state index < -0.39 is 6.04 Å². The summed E-state index contributed by atoms with van der Waals surface area (Å²) in [4.78, 5) is 36.9. The second-order valence-corrected chi connectivity index (χ2v) is 9.11. The van der Waals surface area contributed by atoms with Crippen LogP contribution in [0.2, 0.25) is 0 Å². The van der Waals surface area contributed by atoms with Crippen LogP contribution in [0.4, 0.5) is 0 Å². The van der Waals surface area contributed by atoms with Crippen molar-refractivity contribution < 1.29 is 14.4 Å².